The average Bonchev–Trinajstić information content (AvgIpc) is 2.33. The summed E-state index contributed by atoms with van der Waals surface area (Å²) in [5, 5.41) is 0. The first-order chi connectivity index (χ1) is 4.75. The van der Waals surface area contributed by atoms with Gasteiger partial charge in [-0.05, 0) is 19.2 Å². The predicted molar refractivity (Wildman–Crippen MR) is 40.4 cm³/mol. The van der Waals surface area contributed by atoms with Crippen molar-refractivity contribution in [3.05, 3.63) is 18.7 Å². The molecule has 0 radical (unpaired) electrons. The Morgan fingerprint density at radius 2 is 2.50 bits per heavy atom. The molecule has 0 aliphatic heterocycles. The molecule has 0 fully saturated rings. The van der Waals surface area contributed by atoms with E-state index >= 15 is 0 Å². The fraction of sp³-hybridized carbons (Fsp3) is 0.143. The van der Waals surface area contributed by atoms with E-state index in [0.717, 1.165) is 5.57 Å². The van der Waals surface area contributed by atoms with Crippen LogP contribution < -0.4 is 0 Å². The number of aromatic nitrogens is 1. The third-order valence-corrected chi connectivity index (χ3v) is 1.09. The minimum atomic E-state index is 0.507. The zero-order chi connectivity index (χ0) is 7.56. The summed E-state index contributed by atoms with van der Waals surface area (Å²) in [6.07, 6.45) is 1.33. The van der Waals surface area contributed by atoms with E-state index in [2.05, 4.69) is 23.3 Å². The molecule has 1 heterocycles. The highest BCUT2D eigenvalue weighted by atomic mass is 16.3. The number of aliphatic imine (C=N–C) groups is 1. The standard InChI is InChI=1S/C7H8N2O/c1-5(2)6-7(8-3)9-4-10-6/h4H,1,3H2,2H3. The number of rotatable bonds is 2. The number of hydrogen-bond acceptors (Lipinski definition) is 3. The molecular formula is C7H8N2O. The normalized spacial score (nSPS) is 9.30. The van der Waals surface area contributed by atoms with Gasteiger partial charge in [0.05, 0.1) is 0 Å². The van der Waals surface area contributed by atoms with Crippen LogP contribution in [0.15, 0.2) is 22.4 Å². The van der Waals surface area contributed by atoms with Crippen molar-refractivity contribution in [2.24, 2.45) is 4.99 Å². The first-order valence-electron chi connectivity index (χ1n) is 2.82. The number of allylic oxidation sites excluding steroid dienone is 1. The molecule has 0 amide bonds. The molecule has 0 unspecified atom stereocenters. The molecule has 1 aromatic rings. The van der Waals surface area contributed by atoms with Crippen molar-refractivity contribution in [3.8, 4) is 0 Å². The largest absolute Gasteiger partial charge is 0.441 e. The lowest BCUT2D eigenvalue weighted by molar-refractivity contribution is 0.545. The predicted octanol–water partition coefficient (Wildman–Crippen LogP) is 2.04. The van der Waals surface area contributed by atoms with Gasteiger partial charge in [0.1, 0.15) is 0 Å². The van der Waals surface area contributed by atoms with Gasteiger partial charge in [0.15, 0.2) is 18.0 Å². The zero-order valence-corrected chi connectivity index (χ0v) is 5.79. The first kappa shape index (κ1) is 6.74. The molecule has 1 rings (SSSR count). The van der Waals surface area contributed by atoms with Crippen molar-refractivity contribution in [1.82, 2.24) is 4.98 Å². The van der Waals surface area contributed by atoms with Crippen LogP contribution in [0.1, 0.15) is 12.7 Å². The summed E-state index contributed by atoms with van der Waals surface area (Å²) in [6.45, 7) is 8.85. The Kier molecular flexibility index (Phi) is 1.67. The topological polar surface area (TPSA) is 38.4 Å². The van der Waals surface area contributed by atoms with Crippen LogP contribution in [0.2, 0.25) is 0 Å². The summed E-state index contributed by atoms with van der Waals surface area (Å²) in [7, 11) is 0. The van der Waals surface area contributed by atoms with E-state index in [4.69, 9.17) is 4.42 Å². The molecule has 1 aromatic heterocycles. The Labute approximate surface area is 59.1 Å². The van der Waals surface area contributed by atoms with Gasteiger partial charge in [-0.1, -0.05) is 6.58 Å². The van der Waals surface area contributed by atoms with Crippen molar-refractivity contribution in [3.63, 3.8) is 0 Å². The summed E-state index contributed by atoms with van der Waals surface area (Å²) >= 11 is 0. The minimum Gasteiger partial charge on any atom is -0.441 e. The van der Waals surface area contributed by atoms with Crippen LogP contribution in [0.25, 0.3) is 5.57 Å². The molecule has 0 aliphatic rings. The second-order valence-corrected chi connectivity index (χ2v) is 1.94. The summed E-state index contributed by atoms with van der Waals surface area (Å²) in [5.74, 6) is 1.11. The third kappa shape index (κ3) is 0.978. The lowest BCUT2D eigenvalue weighted by atomic mass is 10.3. The molecule has 0 atom stereocenters. The fourth-order valence-electron chi connectivity index (χ4n) is 0.644. The highest BCUT2D eigenvalue weighted by molar-refractivity contribution is 5.65. The summed E-state index contributed by atoms with van der Waals surface area (Å²) in [4.78, 5) is 7.44. The zero-order valence-electron chi connectivity index (χ0n) is 5.79. The molecule has 52 valence electrons. The fourth-order valence-corrected chi connectivity index (χ4v) is 0.644. The van der Waals surface area contributed by atoms with Crippen LogP contribution in [0.5, 0.6) is 0 Å². The van der Waals surface area contributed by atoms with Crippen LogP contribution in [-0.4, -0.2) is 11.7 Å². The molecule has 0 saturated heterocycles. The van der Waals surface area contributed by atoms with E-state index in [1.54, 1.807) is 0 Å². The maximum atomic E-state index is 4.97. The van der Waals surface area contributed by atoms with Crippen LogP contribution in [0.4, 0.5) is 5.82 Å². The maximum Gasteiger partial charge on any atom is 0.198 e. The van der Waals surface area contributed by atoms with Crippen molar-refractivity contribution < 1.29 is 4.42 Å². The molecule has 10 heavy (non-hydrogen) atoms. The third-order valence-electron chi connectivity index (χ3n) is 1.09. The SMILES string of the molecule is C=Nc1ncoc1C(=C)C. The molecule has 0 N–H and O–H groups in total. The Bertz CT molecular complexity index is 262. The Balaban J connectivity index is 3.13. The molecule has 0 aliphatic carbocycles. The van der Waals surface area contributed by atoms with Gasteiger partial charge in [0.25, 0.3) is 0 Å². The lowest BCUT2D eigenvalue weighted by Gasteiger charge is -1.90. The van der Waals surface area contributed by atoms with Crippen molar-refractivity contribution in [1.29, 1.82) is 0 Å². The summed E-state index contributed by atoms with van der Waals surface area (Å²) in [6, 6.07) is 0. The van der Waals surface area contributed by atoms with E-state index in [1.165, 1.54) is 6.39 Å². The molecule has 0 aromatic carbocycles. The second kappa shape index (κ2) is 2.47. The minimum absolute atomic E-state index is 0.507. The lowest BCUT2D eigenvalue weighted by Crippen LogP contribution is -1.71. The molecule has 3 heteroatoms. The van der Waals surface area contributed by atoms with Crippen molar-refractivity contribution in [2.45, 2.75) is 6.92 Å². The Hall–Kier alpha value is -1.38. The Morgan fingerprint density at radius 3 is 2.90 bits per heavy atom. The van der Waals surface area contributed by atoms with Crippen LogP contribution in [-0.2, 0) is 0 Å². The monoisotopic (exact) mass is 136 g/mol. The molecular weight excluding hydrogens is 128 g/mol. The van der Waals surface area contributed by atoms with Gasteiger partial charge in [-0.2, -0.15) is 4.98 Å². The summed E-state index contributed by atoms with van der Waals surface area (Å²) < 4.78 is 4.97. The van der Waals surface area contributed by atoms with Crippen molar-refractivity contribution in [2.75, 3.05) is 0 Å². The smallest absolute Gasteiger partial charge is 0.198 e. The average molecular weight is 136 g/mol. The number of oxazole rings is 1. The molecule has 0 saturated carbocycles. The first-order valence-corrected chi connectivity index (χ1v) is 2.82. The number of nitrogens with zero attached hydrogens (tertiary/aromatic N) is 2. The van der Waals surface area contributed by atoms with Gasteiger partial charge >= 0.3 is 0 Å². The van der Waals surface area contributed by atoms with Gasteiger partial charge in [-0.15, -0.1) is 0 Å². The Morgan fingerprint density at radius 1 is 1.80 bits per heavy atom. The van der Waals surface area contributed by atoms with Gasteiger partial charge in [-0.25, -0.2) is 4.99 Å². The quantitative estimate of drug-likeness (QED) is 0.583. The van der Waals surface area contributed by atoms with Crippen LogP contribution in [0, 0.1) is 0 Å². The van der Waals surface area contributed by atoms with E-state index in [1.807, 2.05) is 6.92 Å². The molecule has 0 bridgehead atoms. The van der Waals surface area contributed by atoms with Gasteiger partial charge in [0, 0.05) is 0 Å². The van der Waals surface area contributed by atoms with Gasteiger partial charge in [0.2, 0.25) is 0 Å². The van der Waals surface area contributed by atoms with E-state index in [0.29, 0.717) is 11.6 Å². The van der Waals surface area contributed by atoms with Crippen molar-refractivity contribution >= 4 is 18.1 Å². The summed E-state index contributed by atoms with van der Waals surface area (Å²) in [5.41, 5.74) is 0.805. The van der Waals surface area contributed by atoms with Gasteiger partial charge < -0.3 is 4.42 Å². The van der Waals surface area contributed by atoms with Crippen LogP contribution >= 0.6 is 0 Å². The van der Waals surface area contributed by atoms with E-state index in [9.17, 15) is 0 Å². The maximum absolute atomic E-state index is 4.97. The molecule has 0 spiro atoms. The van der Waals surface area contributed by atoms with Gasteiger partial charge in [-0.3, -0.25) is 0 Å². The molecule has 3 nitrogen and oxygen atoms in total. The highest BCUT2D eigenvalue weighted by Gasteiger charge is 2.04. The van der Waals surface area contributed by atoms with Crippen LogP contribution in [0.3, 0.4) is 0 Å². The van der Waals surface area contributed by atoms with E-state index < -0.39 is 0 Å². The highest BCUT2D eigenvalue weighted by Crippen LogP contribution is 2.22. The number of hydrogen-bond donors (Lipinski definition) is 0. The van der Waals surface area contributed by atoms with E-state index in [-0.39, 0.29) is 0 Å². The second-order valence-electron chi connectivity index (χ2n) is 1.94.